The number of imidazole rings is 1. The lowest BCUT2D eigenvalue weighted by atomic mass is 10.1. The molecule has 6 N–H and O–H groups in total. The molecule has 0 fully saturated rings. The predicted octanol–water partition coefficient (Wildman–Crippen LogP) is 4.51. The van der Waals surface area contributed by atoms with Crippen molar-refractivity contribution in [1.82, 2.24) is 19.9 Å². The number of carbonyl (C=O) groups is 3. The molecule has 2 heterocycles. The standard InChI is InChI=1S/C32H37N7O5.H2O/c1-3-4-5-8-19-44-32(43)37-30(33)22-10-13-24(14-11-22)35-21-28-36-25-20-23(12-15-26(25)38(28)2)31(42)39(18-16-29(40)41)27-9-6-7-17-34-27;/h6-7,9-15,17,20,35H,3-5,8,16,18-19,21H2,1-2H3,(H,40,41)(H2,33,37,43);1H2. The number of pyridine rings is 1. The molecular weight excluding hydrogens is 578 g/mol. The van der Waals surface area contributed by atoms with E-state index in [-0.39, 0.29) is 30.2 Å². The minimum atomic E-state index is -1.01. The van der Waals surface area contributed by atoms with Crippen LogP contribution in [0.3, 0.4) is 0 Å². The molecule has 0 saturated carbocycles. The first-order valence-corrected chi connectivity index (χ1v) is 14.5. The van der Waals surface area contributed by atoms with Crippen LogP contribution in [0, 0.1) is 5.41 Å². The quantitative estimate of drug-likeness (QED) is 0.0901. The molecule has 238 valence electrons. The first kappa shape index (κ1) is 34.2. The number of alkyl carbamates (subject to hydrolysis) is 1. The Morgan fingerprint density at radius 2 is 1.78 bits per heavy atom. The van der Waals surface area contributed by atoms with Gasteiger partial charge in [-0.2, -0.15) is 0 Å². The maximum atomic E-state index is 13.4. The number of rotatable bonds is 14. The number of amides is 2. The van der Waals surface area contributed by atoms with Crippen LogP contribution in [0.1, 0.15) is 60.8 Å². The van der Waals surface area contributed by atoms with Crippen molar-refractivity contribution in [3.05, 3.63) is 83.8 Å². The monoisotopic (exact) mass is 617 g/mol. The summed E-state index contributed by atoms with van der Waals surface area (Å²) in [4.78, 5) is 46.9. The largest absolute Gasteiger partial charge is 0.481 e. The SMILES string of the molecule is CCCCCCOC(=O)NC(=N)c1ccc(NCc2nc3cc(C(=O)N(CCC(=O)O)c4ccccn4)ccc3n2C)cc1.O. The van der Waals surface area contributed by atoms with E-state index in [4.69, 9.17) is 15.1 Å². The minimum absolute atomic E-state index is 0. The van der Waals surface area contributed by atoms with Gasteiger partial charge in [0.25, 0.3) is 5.91 Å². The summed E-state index contributed by atoms with van der Waals surface area (Å²) in [5.74, 6) is -0.302. The molecule has 0 spiro atoms. The third-order valence-electron chi connectivity index (χ3n) is 7.02. The number of carbonyl (C=O) groups excluding carboxylic acids is 2. The Morgan fingerprint density at radius 1 is 1.02 bits per heavy atom. The van der Waals surface area contributed by atoms with E-state index >= 15 is 0 Å². The van der Waals surface area contributed by atoms with E-state index in [2.05, 4.69) is 22.5 Å². The van der Waals surface area contributed by atoms with Crippen molar-refractivity contribution in [1.29, 1.82) is 5.41 Å². The van der Waals surface area contributed by atoms with Gasteiger partial charge in [0.15, 0.2) is 0 Å². The lowest BCUT2D eigenvalue weighted by Crippen LogP contribution is -2.33. The number of carboxylic acid groups (broad SMARTS) is 1. The molecule has 4 rings (SSSR count). The van der Waals surface area contributed by atoms with E-state index in [1.54, 1.807) is 48.7 Å². The van der Waals surface area contributed by atoms with Gasteiger partial charge in [-0.05, 0) is 61.0 Å². The Labute approximate surface area is 261 Å². The predicted molar refractivity (Wildman–Crippen MR) is 172 cm³/mol. The van der Waals surface area contributed by atoms with E-state index in [9.17, 15) is 19.5 Å². The molecule has 4 aromatic rings. The summed E-state index contributed by atoms with van der Waals surface area (Å²) < 4.78 is 7.07. The zero-order valence-corrected chi connectivity index (χ0v) is 25.4. The number of fused-ring (bicyclic) bond motifs is 1. The molecule has 0 radical (unpaired) electrons. The van der Waals surface area contributed by atoms with Gasteiger partial charge in [-0.3, -0.25) is 25.2 Å². The van der Waals surface area contributed by atoms with Gasteiger partial charge in [-0.25, -0.2) is 14.8 Å². The van der Waals surface area contributed by atoms with Crippen molar-refractivity contribution in [2.45, 2.75) is 45.6 Å². The van der Waals surface area contributed by atoms with Gasteiger partial charge < -0.3 is 25.2 Å². The number of carboxylic acids is 1. The zero-order chi connectivity index (χ0) is 31.5. The average Bonchev–Trinajstić information content (AvgIpc) is 3.34. The topological polar surface area (TPSA) is 194 Å². The summed E-state index contributed by atoms with van der Waals surface area (Å²) >= 11 is 0. The summed E-state index contributed by atoms with van der Waals surface area (Å²) in [6.07, 6.45) is 4.72. The van der Waals surface area contributed by atoms with Gasteiger partial charge in [0.1, 0.15) is 17.5 Å². The van der Waals surface area contributed by atoms with Crippen molar-refractivity contribution >= 4 is 46.3 Å². The zero-order valence-electron chi connectivity index (χ0n) is 25.4. The maximum Gasteiger partial charge on any atom is 0.412 e. The molecule has 2 amide bonds. The molecule has 0 saturated heterocycles. The van der Waals surface area contributed by atoms with E-state index in [0.29, 0.717) is 35.6 Å². The van der Waals surface area contributed by atoms with Crippen molar-refractivity contribution in [3.63, 3.8) is 0 Å². The van der Waals surface area contributed by atoms with E-state index in [1.165, 1.54) is 4.90 Å². The van der Waals surface area contributed by atoms with E-state index in [0.717, 1.165) is 42.7 Å². The number of aliphatic carboxylic acids is 1. The molecule has 2 aromatic heterocycles. The molecule has 45 heavy (non-hydrogen) atoms. The molecular formula is C32H39N7O6. The van der Waals surface area contributed by atoms with Gasteiger partial charge in [0, 0.05) is 36.6 Å². The van der Waals surface area contributed by atoms with Crippen LogP contribution in [-0.2, 0) is 23.1 Å². The molecule has 13 heteroatoms. The summed E-state index contributed by atoms with van der Waals surface area (Å²) in [5.41, 5.74) is 3.17. The Hall–Kier alpha value is -5.30. The van der Waals surface area contributed by atoms with Crippen LogP contribution < -0.4 is 15.5 Å². The molecule has 0 aliphatic rings. The maximum absolute atomic E-state index is 13.4. The Balaban J connectivity index is 0.00000552. The molecule has 0 atom stereocenters. The number of nitrogens with one attached hydrogen (secondary N) is 3. The normalized spacial score (nSPS) is 10.5. The van der Waals surface area contributed by atoms with Crippen LogP contribution in [0.4, 0.5) is 16.3 Å². The van der Waals surface area contributed by atoms with Crippen molar-refractivity contribution in [3.8, 4) is 0 Å². The fraction of sp³-hybridized carbons (Fsp3) is 0.312. The summed E-state index contributed by atoms with van der Waals surface area (Å²) in [6, 6.07) is 17.4. The second-order valence-corrected chi connectivity index (χ2v) is 10.2. The summed E-state index contributed by atoms with van der Waals surface area (Å²) in [5, 5.41) is 23.1. The van der Waals surface area contributed by atoms with Crippen molar-refractivity contribution in [2.24, 2.45) is 7.05 Å². The molecule has 0 bridgehead atoms. The van der Waals surface area contributed by atoms with Crippen LogP contribution >= 0.6 is 0 Å². The van der Waals surface area contributed by atoms with E-state index < -0.39 is 12.1 Å². The third kappa shape index (κ3) is 9.34. The number of ether oxygens (including phenoxy) is 1. The highest BCUT2D eigenvalue weighted by molar-refractivity contribution is 6.07. The number of nitrogens with zero attached hydrogens (tertiary/aromatic N) is 4. The van der Waals surface area contributed by atoms with Crippen LogP contribution in [0.2, 0.25) is 0 Å². The number of aromatic nitrogens is 3. The second-order valence-electron chi connectivity index (χ2n) is 10.2. The van der Waals surface area contributed by atoms with Gasteiger partial charge in [-0.1, -0.05) is 32.3 Å². The lowest BCUT2D eigenvalue weighted by Gasteiger charge is -2.21. The Bertz CT molecular complexity index is 1610. The highest BCUT2D eigenvalue weighted by atomic mass is 16.5. The molecule has 0 aliphatic carbocycles. The number of aryl methyl sites for hydroxylation is 1. The fourth-order valence-corrected chi connectivity index (χ4v) is 4.58. The first-order chi connectivity index (χ1) is 21.3. The number of hydrogen-bond donors (Lipinski definition) is 4. The van der Waals surface area contributed by atoms with Crippen LogP contribution in [0.25, 0.3) is 11.0 Å². The molecule has 0 aliphatic heterocycles. The molecule has 0 unspecified atom stereocenters. The smallest absolute Gasteiger partial charge is 0.412 e. The van der Waals surface area contributed by atoms with Crippen LogP contribution in [0.15, 0.2) is 66.9 Å². The summed E-state index contributed by atoms with van der Waals surface area (Å²) in [6.45, 7) is 2.83. The van der Waals surface area contributed by atoms with Gasteiger partial charge in [0.05, 0.1) is 30.6 Å². The highest BCUT2D eigenvalue weighted by Gasteiger charge is 2.21. The van der Waals surface area contributed by atoms with Gasteiger partial charge in [-0.15, -0.1) is 0 Å². The first-order valence-electron chi connectivity index (χ1n) is 14.5. The van der Waals surface area contributed by atoms with Crippen molar-refractivity contribution < 1.29 is 29.7 Å². The number of benzene rings is 2. The van der Waals surface area contributed by atoms with Crippen molar-refractivity contribution in [2.75, 3.05) is 23.4 Å². The number of anilines is 2. The molecule has 13 nitrogen and oxygen atoms in total. The Kier molecular flexibility index (Phi) is 12.6. The van der Waals surface area contributed by atoms with Gasteiger partial charge in [0.2, 0.25) is 0 Å². The lowest BCUT2D eigenvalue weighted by molar-refractivity contribution is -0.136. The number of unbranched alkanes of at least 4 members (excludes halogenated alkanes) is 3. The Morgan fingerprint density at radius 3 is 2.47 bits per heavy atom. The minimum Gasteiger partial charge on any atom is -0.481 e. The second kappa shape index (κ2) is 16.5. The van der Waals surface area contributed by atoms with Crippen LogP contribution in [0.5, 0.6) is 0 Å². The number of hydrogen-bond acceptors (Lipinski definition) is 8. The fourth-order valence-electron chi connectivity index (χ4n) is 4.58. The summed E-state index contributed by atoms with van der Waals surface area (Å²) in [7, 11) is 1.89. The van der Waals surface area contributed by atoms with Crippen LogP contribution in [-0.4, -0.2) is 62.1 Å². The number of amidine groups is 1. The molecule has 2 aromatic carbocycles. The van der Waals surface area contributed by atoms with E-state index in [1.807, 2.05) is 29.8 Å². The average molecular weight is 618 g/mol. The van der Waals surface area contributed by atoms with Gasteiger partial charge >= 0.3 is 12.1 Å². The highest BCUT2D eigenvalue weighted by Crippen LogP contribution is 2.21. The third-order valence-corrected chi connectivity index (χ3v) is 7.02.